The van der Waals surface area contributed by atoms with Gasteiger partial charge in [0.1, 0.15) is 0 Å². The molecule has 1 aromatic heterocycles. The summed E-state index contributed by atoms with van der Waals surface area (Å²) in [6, 6.07) is 39.8. The summed E-state index contributed by atoms with van der Waals surface area (Å²) in [5.74, 6) is 0. The molecular weight excluding hydrogens is 637 g/mol. The number of para-hydroxylation sites is 1. The van der Waals surface area contributed by atoms with Crippen LogP contribution in [0.15, 0.2) is 109 Å². The third kappa shape index (κ3) is 8.11. The molecule has 0 spiro atoms. The van der Waals surface area contributed by atoms with E-state index in [0.29, 0.717) is 0 Å². The first-order valence-electron chi connectivity index (χ1n) is 13.7. The molecule has 5 aromatic carbocycles. The van der Waals surface area contributed by atoms with Crippen LogP contribution in [0, 0.1) is 6.07 Å². The molecule has 0 N–H and O–H groups in total. The van der Waals surface area contributed by atoms with Gasteiger partial charge in [-0.3, -0.25) is 4.98 Å². The molecule has 5 heteroatoms. The molecule has 0 bridgehead atoms. The second-order valence-corrected chi connectivity index (χ2v) is 19.6. The Morgan fingerprint density at radius 1 is 0.854 bits per heavy atom. The summed E-state index contributed by atoms with van der Waals surface area (Å²) in [6.07, 6.45) is 5.36. The number of rotatable bonds is 3. The van der Waals surface area contributed by atoms with Gasteiger partial charge in [-0.1, -0.05) is 78.6 Å². The second-order valence-electron chi connectivity index (χ2n) is 10.2. The van der Waals surface area contributed by atoms with E-state index in [-0.39, 0.29) is 30.2 Å². The number of pyridine rings is 1. The number of hydrogen-bond donors (Lipinski definition) is 0. The fourth-order valence-corrected chi connectivity index (χ4v) is 5.20. The molecule has 0 radical (unpaired) electrons. The largest absolute Gasteiger partial charge is 1.00 e. The molecule has 7 rings (SSSR count). The fourth-order valence-electron chi connectivity index (χ4n) is 5.20. The van der Waals surface area contributed by atoms with E-state index in [2.05, 4.69) is 122 Å². The predicted octanol–water partition coefficient (Wildman–Crippen LogP) is 3.58. The Morgan fingerprint density at radius 2 is 1.56 bits per heavy atom. The zero-order valence-electron chi connectivity index (χ0n) is 23.7. The quantitative estimate of drug-likeness (QED) is 0.207. The Labute approximate surface area is 272 Å². The van der Waals surface area contributed by atoms with Crippen LogP contribution in [0.3, 0.4) is 0 Å². The first kappa shape index (κ1) is 33.1. The molecule has 6 aromatic rings. The summed E-state index contributed by atoms with van der Waals surface area (Å²) in [7, 11) is 0. The standard InChI is InChI=1S/C21H18N.C13H9.C2H6Si.2ClH.Zr/c1-2-6-15-11-16-8-5-9-19(20(16)12-15)18-13-17-7-3-4-10-21(17)22-14-18;1-3-7-12-10(5-1)9-11-6-2-4-8-13(11)12;1-3-2;;;/h3-5,7-14H,2,6H2,1H3;1-5,7-8H,9H2;1-2H3;2*1H;/q2*-1;;;;+2/p-2. The van der Waals surface area contributed by atoms with Crippen LogP contribution in [0.5, 0.6) is 0 Å². The van der Waals surface area contributed by atoms with Crippen molar-refractivity contribution in [1.82, 2.24) is 4.98 Å². The van der Waals surface area contributed by atoms with Crippen LogP contribution in [-0.4, -0.2) is 10.4 Å². The average molecular weight is 670 g/mol. The maximum atomic E-state index is 4.61. The van der Waals surface area contributed by atoms with Gasteiger partial charge >= 0.3 is 41.9 Å². The SMILES string of the molecule is CCCc1cc2c(-c3cnc4ccccc4c3)cccc2[cH-]1.C[Si](C)=[Zr+2].[Cl-].[Cl-].[c-]1cccc2c1Cc1ccccc1-2. The summed E-state index contributed by atoms with van der Waals surface area (Å²) >= 11 is 1.74. The number of halogens is 2. The molecule has 0 unspecified atom stereocenters. The van der Waals surface area contributed by atoms with Crippen LogP contribution in [0.25, 0.3) is 43.9 Å². The van der Waals surface area contributed by atoms with E-state index in [1.807, 2.05) is 18.3 Å². The maximum absolute atomic E-state index is 4.61. The Kier molecular flexibility index (Phi) is 12.7. The van der Waals surface area contributed by atoms with Gasteiger partial charge in [0.15, 0.2) is 0 Å². The molecule has 0 saturated carbocycles. The molecule has 1 aliphatic rings. The summed E-state index contributed by atoms with van der Waals surface area (Å²) < 4.78 is 0. The van der Waals surface area contributed by atoms with E-state index in [1.165, 1.54) is 61.5 Å². The third-order valence-electron chi connectivity index (χ3n) is 6.87. The number of hydrogen-bond acceptors (Lipinski definition) is 1. The van der Waals surface area contributed by atoms with Gasteiger partial charge in [-0.25, -0.2) is 0 Å². The number of fused-ring (bicyclic) bond motifs is 5. The van der Waals surface area contributed by atoms with E-state index in [4.69, 9.17) is 0 Å². The topological polar surface area (TPSA) is 12.9 Å². The summed E-state index contributed by atoms with van der Waals surface area (Å²) in [6.45, 7) is 6.85. The van der Waals surface area contributed by atoms with Crippen molar-refractivity contribution in [1.29, 1.82) is 0 Å². The van der Waals surface area contributed by atoms with Crippen molar-refractivity contribution >= 4 is 27.1 Å². The maximum Gasteiger partial charge on any atom is -0.0253 e. The number of aryl methyl sites for hydroxylation is 1. The summed E-state index contributed by atoms with van der Waals surface area (Å²) in [5, 5.41) is 3.86. The summed E-state index contributed by atoms with van der Waals surface area (Å²) in [5.41, 5.74) is 10.7. The van der Waals surface area contributed by atoms with Gasteiger partial charge in [0.25, 0.3) is 0 Å². The van der Waals surface area contributed by atoms with E-state index in [0.717, 1.165) is 18.4 Å². The van der Waals surface area contributed by atoms with Crippen LogP contribution >= 0.6 is 0 Å². The Bertz CT molecular complexity index is 1710. The zero-order valence-corrected chi connectivity index (χ0v) is 28.7. The first-order chi connectivity index (χ1) is 19.0. The normalized spacial score (nSPS) is 10.7. The molecule has 0 saturated heterocycles. The minimum Gasteiger partial charge on any atom is -1.00 e. The Hall–Kier alpha value is -2.42. The molecule has 0 atom stereocenters. The number of benzene rings is 4. The van der Waals surface area contributed by atoms with Crippen molar-refractivity contribution in [3.05, 3.63) is 132 Å². The van der Waals surface area contributed by atoms with Crippen molar-refractivity contribution in [2.24, 2.45) is 0 Å². The van der Waals surface area contributed by atoms with Gasteiger partial charge in [0.2, 0.25) is 0 Å². The molecule has 41 heavy (non-hydrogen) atoms. The van der Waals surface area contributed by atoms with E-state index < -0.39 is 0 Å². The van der Waals surface area contributed by atoms with Crippen molar-refractivity contribution in [3.8, 4) is 22.3 Å². The van der Waals surface area contributed by atoms with E-state index >= 15 is 0 Å². The van der Waals surface area contributed by atoms with Crippen LogP contribution in [0.4, 0.5) is 0 Å². The van der Waals surface area contributed by atoms with Crippen molar-refractivity contribution in [2.75, 3.05) is 0 Å². The molecule has 206 valence electrons. The van der Waals surface area contributed by atoms with Crippen LogP contribution < -0.4 is 24.8 Å². The Balaban J connectivity index is 0.000000208. The predicted molar refractivity (Wildman–Crippen MR) is 165 cm³/mol. The first-order valence-corrected chi connectivity index (χ1v) is 19.9. The molecular formula is C36H33Cl2NSiZr-2. The molecule has 0 fully saturated rings. The second kappa shape index (κ2) is 15.7. The molecule has 0 aliphatic heterocycles. The molecule has 1 heterocycles. The van der Waals surface area contributed by atoms with Crippen LogP contribution in [-0.2, 0) is 36.2 Å². The molecule has 1 nitrogen and oxygen atoms in total. The molecule has 1 aliphatic carbocycles. The van der Waals surface area contributed by atoms with Gasteiger partial charge in [-0.15, -0.1) is 40.1 Å². The Morgan fingerprint density at radius 3 is 2.37 bits per heavy atom. The van der Waals surface area contributed by atoms with Gasteiger partial charge in [0.05, 0.1) is 5.52 Å². The van der Waals surface area contributed by atoms with E-state index in [9.17, 15) is 0 Å². The van der Waals surface area contributed by atoms with Gasteiger partial charge < -0.3 is 24.8 Å². The van der Waals surface area contributed by atoms with Crippen molar-refractivity contribution in [2.45, 2.75) is 39.3 Å². The monoisotopic (exact) mass is 667 g/mol. The van der Waals surface area contributed by atoms with Crippen LogP contribution in [0.2, 0.25) is 13.1 Å². The smallest absolute Gasteiger partial charge is 0.0253 e. The average Bonchev–Trinajstić information content (AvgIpc) is 3.54. The van der Waals surface area contributed by atoms with Gasteiger partial charge in [-0.05, 0) is 30.5 Å². The van der Waals surface area contributed by atoms with Crippen molar-refractivity contribution < 1.29 is 48.1 Å². The zero-order chi connectivity index (χ0) is 27.2. The van der Waals surface area contributed by atoms with Crippen molar-refractivity contribution in [3.63, 3.8) is 0 Å². The number of aromatic nitrogens is 1. The van der Waals surface area contributed by atoms with Crippen LogP contribution in [0.1, 0.15) is 30.0 Å². The number of nitrogens with zero attached hydrogens (tertiary/aromatic N) is 1. The van der Waals surface area contributed by atoms with E-state index in [1.54, 1.807) is 23.3 Å². The summed E-state index contributed by atoms with van der Waals surface area (Å²) in [4.78, 5) is 4.61. The van der Waals surface area contributed by atoms with Gasteiger partial charge in [-0.2, -0.15) is 35.9 Å². The minimum atomic E-state index is 0. The third-order valence-corrected chi connectivity index (χ3v) is 6.87. The minimum absolute atomic E-state index is 0. The van der Waals surface area contributed by atoms with Gasteiger partial charge in [0, 0.05) is 11.6 Å². The molecule has 0 amide bonds. The fraction of sp³-hybridized carbons (Fsp3) is 0.167.